The maximum atomic E-state index is 13.2. The molecule has 0 bridgehead atoms. The van der Waals surface area contributed by atoms with E-state index in [2.05, 4.69) is 4.90 Å². The molecule has 0 aliphatic carbocycles. The van der Waals surface area contributed by atoms with E-state index < -0.39 is 11.6 Å². The van der Waals surface area contributed by atoms with E-state index in [1.165, 1.54) is 17.7 Å². The van der Waals surface area contributed by atoms with Gasteiger partial charge in [0.05, 0.1) is 0 Å². The van der Waals surface area contributed by atoms with Gasteiger partial charge in [-0.05, 0) is 43.2 Å². The standard InChI is InChI=1S/C17H20F2N2/c1-12-3-5-16(6-4-12)21(2)8-7-17(20)13-9-14(18)11-15(19)10-13/h3-6,9-11,17H,7-8,20H2,1-2H3. The van der Waals surface area contributed by atoms with Crippen LogP contribution in [0.3, 0.4) is 0 Å². The molecule has 0 aliphatic heterocycles. The van der Waals surface area contributed by atoms with Crippen LogP contribution in [0, 0.1) is 18.6 Å². The van der Waals surface area contributed by atoms with Crippen molar-refractivity contribution < 1.29 is 8.78 Å². The number of halogens is 2. The Bertz CT molecular complexity index is 576. The van der Waals surface area contributed by atoms with Crippen molar-refractivity contribution in [1.29, 1.82) is 0 Å². The van der Waals surface area contributed by atoms with Gasteiger partial charge in [-0.25, -0.2) is 8.78 Å². The van der Waals surface area contributed by atoms with Gasteiger partial charge < -0.3 is 10.6 Å². The average molecular weight is 290 g/mol. The zero-order valence-corrected chi connectivity index (χ0v) is 12.3. The van der Waals surface area contributed by atoms with Gasteiger partial charge in [-0.15, -0.1) is 0 Å². The molecule has 2 aromatic carbocycles. The number of hydrogen-bond acceptors (Lipinski definition) is 2. The van der Waals surface area contributed by atoms with Gasteiger partial charge in [0, 0.05) is 31.4 Å². The molecule has 0 amide bonds. The van der Waals surface area contributed by atoms with Crippen molar-refractivity contribution in [3.05, 3.63) is 65.2 Å². The summed E-state index contributed by atoms with van der Waals surface area (Å²) in [7, 11) is 1.98. The van der Waals surface area contributed by atoms with E-state index >= 15 is 0 Å². The summed E-state index contributed by atoms with van der Waals surface area (Å²) in [6, 6.07) is 11.2. The summed E-state index contributed by atoms with van der Waals surface area (Å²) in [6.45, 7) is 2.75. The fourth-order valence-corrected chi connectivity index (χ4v) is 2.22. The highest BCUT2D eigenvalue weighted by atomic mass is 19.1. The molecule has 0 saturated heterocycles. The fourth-order valence-electron chi connectivity index (χ4n) is 2.22. The van der Waals surface area contributed by atoms with Crippen molar-refractivity contribution >= 4 is 5.69 Å². The Morgan fingerprint density at radius 3 is 2.19 bits per heavy atom. The maximum Gasteiger partial charge on any atom is 0.126 e. The van der Waals surface area contributed by atoms with Gasteiger partial charge in [-0.3, -0.25) is 0 Å². The first kappa shape index (κ1) is 15.4. The Balaban J connectivity index is 1.97. The SMILES string of the molecule is Cc1ccc(N(C)CCC(N)c2cc(F)cc(F)c2)cc1. The van der Waals surface area contributed by atoms with Crippen LogP contribution < -0.4 is 10.6 Å². The minimum absolute atomic E-state index is 0.386. The molecule has 2 N–H and O–H groups in total. The Morgan fingerprint density at radius 2 is 1.62 bits per heavy atom. The third-order valence-corrected chi connectivity index (χ3v) is 3.56. The van der Waals surface area contributed by atoms with E-state index in [1.807, 2.05) is 38.2 Å². The first-order valence-electron chi connectivity index (χ1n) is 6.95. The van der Waals surface area contributed by atoms with Crippen LogP contribution in [-0.2, 0) is 0 Å². The summed E-state index contributed by atoms with van der Waals surface area (Å²) in [5.41, 5.74) is 8.82. The molecule has 0 spiro atoms. The molecule has 0 fully saturated rings. The van der Waals surface area contributed by atoms with Crippen LogP contribution >= 0.6 is 0 Å². The van der Waals surface area contributed by atoms with Gasteiger partial charge in [0.2, 0.25) is 0 Å². The van der Waals surface area contributed by atoms with Crippen LogP contribution in [-0.4, -0.2) is 13.6 Å². The maximum absolute atomic E-state index is 13.2. The second kappa shape index (κ2) is 6.68. The normalized spacial score (nSPS) is 12.2. The first-order chi connectivity index (χ1) is 9.95. The molecule has 0 radical (unpaired) electrons. The number of hydrogen-bond donors (Lipinski definition) is 1. The largest absolute Gasteiger partial charge is 0.375 e. The molecule has 0 saturated carbocycles. The van der Waals surface area contributed by atoms with Crippen molar-refractivity contribution in [3.63, 3.8) is 0 Å². The summed E-state index contributed by atoms with van der Waals surface area (Å²) < 4.78 is 26.4. The van der Waals surface area contributed by atoms with E-state index in [0.717, 1.165) is 11.8 Å². The van der Waals surface area contributed by atoms with E-state index in [9.17, 15) is 8.78 Å². The van der Waals surface area contributed by atoms with Gasteiger partial charge in [0.1, 0.15) is 11.6 Å². The molecule has 1 atom stereocenters. The van der Waals surface area contributed by atoms with E-state index in [1.54, 1.807) is 0 Å². The summed E-state index contributed by atoms with van der Waals surface area (Å²) in [4.78, 5) is 2.08. The molecule has 0 heterocycles. The van der Waals surface area contributed by atoms with Crippen molar-refractivity contribution in [2.75, 3.05) is 18.5 Å². The van der Waals surface area contributed by atoms with Crippen LogP contribution in [0.4, 0.5) is 14.5 Å². The van der Waals surface area contributed by atoms with E-state index in [0.29, 0.717) is 18.5 Å². The number of rotatable bonds is 5. The van der Waals surface area contributed by atoms with Crippen molar-refractivity contribution in [2.24, 2.45) is 5.73 Å². The lowest BCUT2D eigenvalue weighted by Gasteiger charge is -2.22. The third-order valence-electron chi connectivity index (χ3n) is 3.56. The zero-order valence-electron chi connectivity index (χ0n) is 12.3. The molecule has 112 valence electrons. The quantitative estimate of drug-likeness (QED) is 0.907. The number of benzene rings is 2. The van der Waals surface area contributed by atoms with Crippen LogP contribution in [0.5, 0.6) is 0 Å². The highest BCUT2D eigenvalue weighted by molar-refractivity contribution is 5.46. The molecule has 2 aromatic rings. The molecular weight excluding hydrogens is 270 g/mol. The average Bonchev–Trinajstić information content (AvgIpc) is 2.44. The lowest BCUT2D eigenvalue weighted by atomic mass is 10.0. The highest BCUT2D eigenvalue weighted by Crippen LogP contribution is 2.19. The number of aryl methyl sites for hydroxylation is 1. The van der Waals surface area contributed by atoms with Gasteiger partial charge in [-0.2, -0.15) is 0 Å². The Labute approximate surface area is 124 Å². The Kier molecular flexibility index (Phi) is 4.91. The lowest BCUT2D eigenvalue weighted by Crippen LogP contribution is -2.23. The highest BCUT2D eigenvalue weighted by Gasteiger charge is 2.10. The Morgan fingerprint density at radius 1 is 1.05 bits per heavy atom. The van der Waals surface area contributed by atoms with Crippen LogP contribution in [0.15, 0.2) is 42.5 Å². The smallest absolute Gasteiger partial charge is 0.126 e. The lowest BCUT2D eigenvalue weighted by molar-refractivity contribution is 0.567. The Hall–Kier alpha value is -1.94. The number of anilines is 1. The molecule has 0 aliphatic rings. The van der Waals surface area contributed by atoms with Gasteiger partial charge in [0.15, 0.2) is 0 Å². The molecule has 0 aromatic heterocycles. The van der Waals surface area contributed by atoms with Crippen molar-refractivity contribution in [3.8, 4) is 0 Å². The monoisotopic (exact) mass is 290 g/mol. The second-order valence-corrected chi connectivity index (χ2v) is 5.36. The summed E-state index contributed by atoms with van der Waals surface area (Å²) >= 11 is 0. The molecule has 1 unspecified atom stereocenters. The molecular formula is C17H20F2N2. The van der Waals surface area contributed by atoms with Crippen molar-refractivity contribution in [2.45, 2.75) is 19.4 Å². The molecule has 2 nitrogen and oxygen atoms in total. The van der Waals surface area contributed by atoms with Gasteiger partial charge in [-0.1, -0.05) is 17.7 Å². The third kappa shape index (κ3) is 4.26. The van der Waals surface area contributed by atoms with Crippen LogP contribution in [0.1, 0.15) is 23.6 Å². The van der Waals surface area contributed by atoms with Gasteiger partial charge >= 0.3 is 0 Å². The van der Waals surface area contributed by atoms with Crippen LogP contribution in [0.25, 0.3) is 0 Å². The summed E-state index contributed by atoms with van der Waals surface area (Å²) in [6.07, 6.45) is 0.618. The van der Waals surface area contributed by atoms with E-state index in [4.69, 9.17) is 5.73 Å². The molecule has 21 heavy (non-hydrogen) atoms. The van der Waals surface area contributed by atoms with Crippen LogP contribution in [0.2, 0.25) is 0 Å². The topological polar surface area (TPSA) is 29.3 Å². The molecule has 4 heteroatoms. The van der Waals surface area contributed by atoms with Crippen molar-refractivity contribution in [1.82, 2.24) is 0 Å². The minimum Gasteiger partial charge on any atom is -0.375 e. The van der Waals surface area contributed by atoms with Gasteiger partial charge in [0.25, 0.3) is 0 Å². The predicted molar refractivity (Wildman–Crippen MR) is 82.4 cm³/mol. The summed E-state index contributed by atoms with van der Waals surface area (Å²) in [5, 5.41) is 0. The van der Waals surface area contributed by atoms with E-state index in [-0.39, 0.29) is 6.04 Å². The summed E-state index contributed by atoms with van der Waals surface area (Å²) in [5.74, 6) is -1.18. The second-order valence-electron chi connectivity index (χ2n) is 5.36. The fraction of sp³-hybridized carbons (Fsp3) is 0.294. The minimum atomic E-state index is -0.590. The number of nitrogens with two attached hydrogens (primary N) is 1. The predicted octanol–water partition coefficient (Wildman–Crippen LogP) is 3.80. The zero-order chi connectivity index (χ0) is 15.4. The first-order valence-corrected chi connectivity index (χ1v) is 6.95. The molecule has 2 rings (SSSR count). The number of nitrogens with zero attached hydrogens (tertiary/aromatic N) is 1.